The van der Waals surface area contributed by atoms with Crippen molar-refractivity contribution < 1.29 is 58.1 Å². The summed E-state index contributed by atoms with van der Waals surface area (Å²) in [6, 6.07) is 4.38. The highest BCUT2D eigenvalue weighted by molar-refractivity contribution is 6.31. The van der Waals surface area contributed by atoms with Gasteiger partial charge < -0.3 is 43.7 Å². The molecule has 2 aliphatic carbocycles. The molecule has 1 unspecified atom stereocenters. The number of carbonyl (C=O) groups excluding carboxylic acids is 3. The molecule has 5 aliphatic rings. The first kappa shape index (κ1) is 33.1. The van der Waals surface area contributed by atoms with Crippen LogP contribution in [0.15, 0.2) is 18.2 Å². The van der Waals surface area contributed by atoms with E-state index in [0.717, 1.165) is 0 Å². The predicted octanol–water partition coefficient (Wildman–Crippen LogP) is 2.77. The van der Waals surface area contributed by atoms with Gasteiger partial charge in [0.05, 0.1) is 42.6 Å². The average molecular weight is 668 g/mol. The van der Waals surface area contributed by atoms with Crippen molar-refractivity contribution in [2.45, 2.75) is 95.7 Å². The normalized spacial score (nSPS) is 32.9. The number of phenolic OH excluding ortho intramolecular Hbond substituents is 2. The van der Waals surface area contributed by atoms with Crippen molar-refractivity contribution in [1.29, 1.82) is 0 Å². The van der Waals surface area contributed by atoms with Crippen molar-refractivity contribution in [1.82, 2.24) is 4.90 Å². The Morgan fingerprint density at radius 3 is 2.46 bits per heavy atom. The van der Waals surface area contributed by atoms with Gasteiger partial charge in [0.25, 0.3) is 0 Å². The summed E-state index contributed by atoms with van der Waals surface area (Å²) in [5.41, 5.74) is -3.89. The number of fused-ring (bicyclic) bond motifs is 6. The van der Waals surface area contributed by atoms with Gasteiger partial charge in [-0.2, -0.15) is 0 Å². The zero-order valence-electron chi connectivity index (χ0n) is 27.8. The maximum atomic E-state index is 14.0. The lowest BCUT2D eigenvalue weighted by molar-refractivity contribution is -0.256. The lowest BCUT2D eigenvalue weighted by Crippen LogP contribution is -2.55. The maximum absolute atomic E-state index is 14.0. The molecular weight excluding hydrogens is 626 g/mol. The molecule has 2 aromatic carbocycles. The summed E-state index contributed by atoms with van der Waals surface area (Å²) < 4.78 is 35.8. The average Bonchev–Trinajstić information content (AvgIpc) is 3.43. The third-order valence-electron chi connectivity index (χ3n) is 10.3. The highest BCUT2D eigenvalue weighted by Crippen LogP contribution is 2.53. The quantitative estimate of drug-likeness (QED) is 0.340. The molecule has 48 heavy (non-hydrogen) atoms. The largest absolute Gasteiger partial charge is 0.507 e. The third kappa shape index (κ3) is 4.90. The molecule has 0 bridgehead atoms. The van der Waals surface area contributed by atoms with Crippen LogP contribution >= 0.6 is 0 Å². The third-order valence-corrected chi connectivity index (χ3v) is 10.3. The van der Waals surface area contributed by atoms with E-state index in [1.54, 1.807) is 33.9 Å². The number of methoxy groups -OCH3 is 2. The molecule has 2 aromatic rings. The monoisotopic (exact) mass is 667 g/mol. The lowest BCUT2D eigenvalue weighted by Gasteiger charge is -2.44. The van der Waals surface area contributed by atoms with Crippen molar-refractivity contribution in [3.05, 3.63) is 51.6 Å². The molecular formula is C35H41NO12. The van der Waals surface area contributed by atoms with Gasteiger partial charge in [-0.1, -0.05) is 32.9 Å². The fourth-order valence-electron chi connectivity index (χ4n) is 8.20. The van der Waals surface area contributed by atoms with Crippen LogP contribution in [0.3, 0.4) is 0 Å². The molecule has 3 fully saturated rings. The number of ether oxygens (including phenoxy) is 6. The van der Waals surface area contributed by atoms with Gasteiger partial charge in [-0.05, 0) is 13.0 Å². The SMILES string of the molecule is COc1cccc2c1C(=O)c1c(O)c3c(c(O)c1C2=O)C[C@@](O)(C(=O)C(C)(C)C)C[C@@H]3O[C@H]1CC2[C@H](O[C@@H]3[C@@H](OC)OCCN23)[C@H](C)O1. The highest BCUT2D eigenvalue weighted by atomic mass is 16.7. The number of aromatic hydroxyl groups is 2. The Labute approximate surface area is 277 Å². The zero-order chi connectivity index (χ0) is 34.4. The minimum atomic E-state index is -2.04. The van der Waals surface area contributed by atoms with Gasteiger partial charge in [0.15, 0.2) is 30.4 Å². The minimum absolute atomic E-state index is 0.00111. The predicted molar refractivity (Wildman–Crippen MR) is 166 cm³/mol. The summed E-state index contributed by atoms with van der Waals surface area (Å²) in [5, 5.41) is 35.7. The number of ketones is 3. The zero-order valence-corrected chi connectivity index (χ0v) is 27.8. The second kappa shape index (κ2) is 11.6. The number of nitrogens with zero attached hydrogens (tertiary/aromatic N) is 1. The number of benzene rings is 2. The van der Waals surface area contributed by atoms with E-state index < -0.39 is 88.4 Å². The second-order valence-electron chi connectivity index (χ2n) is 14.3. The van der Waals surface area contributed by atoms with Crippen LogP contribution < -0.4 is 4.74 Å². The van der Waals surface area contributed by atoms with Gasteiger partial charge in [-0.3, -0.25) is 19.3 Å². The van der Waals surface area contributed by atoms with Crippen LogP contribution in [0.1, 0.15) is 89.6 Å². The van der Waals surface area contributed by atoms with Gasteiger partial charge in [0.2, 0.25) is 5.78 Å². The minimum Gasteiger partial charge on any atom is -0.507 e. The molecule has 13 nitrogen and oxygen atoms in total. The number of aliphatic hydroxyl groups is 1. The van der Waals surface area contributed by atoms with Crippen LogP contribution in [0.5, 0.6) is 17.2 Å². The van der Waals surface area contributed by atoms with Crippen LogP contribution in [0.4, 0.5) is 0 Å². The summed E-state index contributed by atoms with van der Waals surface area (Å²) in [7, 11) is 2.92. The maximum Gasteiger partial charge on any atom is 0.202 e. The van der Waals surface area contributed by atoms with E-state index in [1.165, 1.54) is 19.2 Å². The Bertz CT molecular complexity index is 1700. The molecule has 7 rings (SSSR count). The summed E-state index contributed by atoms with van der Waals surface area (Å²) in [5.74, 6) is -2.94. The van der Waals surface area contributed by atoms with E-state index in [4.69, 9.17) is 28.4 Å². The number of morpholine rings is 1. The van der Waals surface area contributed by atoms with E-state index in [9.17, 15) is 29.7 Å². The molecule has 3 heterocycles. The van der Waals surface area contributed by atoms with Gasteiger partial charge in [-0.15, -0.1) is 0 Å². The molecule has 3 aliphatic heterocycles. The number of rotatable bonds is 5. The number of Topliss-reactive ketones (excluding diaryl/α,β-unsaturated/α-hetero) is 1. The topological polar surface area (TPSA) is 171 Å². The molecule has 0 amide bonds. The fourth-order valence-corrected chi connectivity index (χ4v) is 8.20. The molecule has 3 saturated heterocycles. The Balaban J connectivity index is 1.31. The Kier molecular flexibility index (Phi) is 7.98. The van der Waals surface area contributed by atoms with Gasteiger partial charge in [0, 0.05) is 61.1 Å². The first-order chi connectivity index (χ1) is 22.7. The molecule has 3 N–H and O–H groups in total. The summed E-state index contributed by atoms with van der Waals surface area (Å²) in [6.07, 6.45) is -4.25. The smallest absolute Gasteiger partial charge is 0.202 e. The van der Waals surface area contributed by atoms with E-state index in [-0.39, 0.29) is 46.6 Å². The number of hydrogen-bond acceptors (Lipinski definition) is 13. The Morgan fingerprint density at radius 1 is 1.04 bits per heavy atom. The highest BCUT2D eigenvalue weighted by Gasteiger charge is 2.56. The Morgan fingerprint density at radius 2 is 1.77 bits per heavy atom. The van der Waals surface area contributed by atoms with Crippen molar-refractivity contribution in [2.75, 3.05) is 27.4 Å². The van der Waals surface area contributed by atoms with E-state index in [0.29, 0.717) is 19.6 Å². The molecule has 8 atom stereocenters. The molecule has 13 heteroatoms. The summed E-state index contributed by atoms with van der Waals surface area (Å²) in [6.45, 7) is 7.92. The van der Waals surface area contributed by atoms with Crippen LogP contribution in [0.25, 0.3) is 0 Å². The van der Waals surface area contributed by atoms with Crippen LogP contribution in [-0.4, -0.2) is 108 Å². The lowest BCUT2D eigenvalue weighted by atomic mass is 9.68. The first-order valence-corrected chi connectivity index (χ1v) is 16.2. The van der Waals surface area contributed by atoms with Crippen molar-refractivity contribution in [3.8, 4) is 17.2 Å². The second-order valence-corrected chi connectivity index (χ2v) is 14.3. The number of carbonyl (C=O) groups is 3. The van der Waals surface area contributed by atoms with Crippen molar-refractivity contribution in [2.24, 2.45) is 5.41 Å². The number of phenols is 2. The van der Waals surface area contributed by atoms with Crippen LogP contribution in [0, 0.1) is 5.41 Å². The van der Waals surface area contributed by atoms with Gasteiger partial charge >= 0.3 is 0 Å². The molecule has 0 saturated carbocycles. The van der Waals surface area contributed by atoms with E-state index in [1.807, 2.05) is 6.92 Å². The van der Waals surface area contributed by atoms with Crippen LogP contribution in [-0.2, 0) is 34.9 Å². The molecule has 0 spiro atoms. The standard InChI is InChI=1S/C35H41NO12/c1-15-30-18(36-10-11-45-32(44-6)31(36)48-30)12-21(46-15)47-20-14-35(42,33(41)34(2,3)4)13-17-23(20)29(40)25-24(27(17)38)26(37)16-8-7-9-19(43-5)22(16)28(25)39/h7-9,15,18,20-21,30-32,38,40,42H,10-14H2,1-6H3/t15-,18?,20-,21-,30+,31+,32-,35-/m0/s1. The summed E-state index contributed by atoms with van der Waals surface area (Å²) in [4.78, 5) is 43.8. The fraction of sp³-hybridized carbons (Fsp3) is 0.571. The summed E-state index contributed by atoms with van der Waals surface area (Å²) >= 11 is 0. The Hall–Kier alpha value is -3.43. The van der Waals surface area contributed by atoms with E-state index >= 15 is 0 Å². The van der Waals surface area contributed by atoms with Gasteiger partial charge in [-0.25, -0.2) is 0 Å². The van der Waals surface area contributed by atoms with Crippen molar-refractivity contribution in [3.63, 3.8) is 0 Å². The van der Waals surface area contributed by atoms with Gasteiger partial charge in [0.1, 0.15) is 29.0 Å². The molecule has 258 valence electrons. The van der Waals surface area contributed by atoms with Crippen LogP contribution in [0.2, 0.25) is 0 Å². The molecule has 0 aromatic heterocycles. The number of hydrogen-bond donors (Lipinski definition) is 3. The first-order valence-electron chi connectivity index (χ1n) is 16.2. The molecule has 0 radical (unpaired) electrons. The van der Waals surface area contributed by atoms with Crippen molar-refractivity contribution >= 4 is 17.3 Å². The van der Waals surface area contributed by atoms with E-state index in [2.05, 4.69) is 4.90 Å².